The fourth-order valence-electron chi connectivity index (χ4n) is 4.33. The van der Waals surface area contributed by atoms with Crippen LogP contribution < -0.4 is 16.4 Å². The van der Waals surface area contributed by atoms with Crippen LogP contribution in [-0.2, 0) is 6.54 Å². The van der Waals surface area contributed by atoms with E-state index in [1.165, 1.54) is 23.3 Å². The molecule has 35 heavy (non-hydrogen) atoms. The minimum absolute atomic E-state index is 0.0476. The Balaban J connectivity index is 1.81. The lowest BCUT2D eigenvalue weighted by Gasteiger charge is -2.15. The molecule has 182 valence electrons. The van der Waals surface area contributed by atoms with Gasteiger partial charge in [0.15, 0.2) is 0 Å². The van der Waals surface area contributed by atoms with E-state index < -0.39 is 0 Å². The normalized spacial score (nSPS) is 11.3. The molecule has 0 atom stereocenters. The minimum atomic E-state index is -0.334. The molecule has 2 N–H and O–H groups in total. The topological polar surface area (TPSA) is 92.2 Å². The van der Waals surface area contributed by atoms with Gasteiger partial charge in [-0.05, 0) is 43.5 Å². The second-order valence-corrected chi connectivity index (χ2v) is 9.19. The van der Waals surface area contributed by atoms with E-state index in [-0.39, 0.29) is 22.5 Å². The van der Waals surface area contributed by atoms with Crippen LogP contribution in [0.25, 0.3) is 16.7 Å². The van der Waals surface area contributed by atoms with E-state index in [2.05, 4.69) is 12.2 Å². The number of nitrogens with zero attached hydrogens (tertiary/aromatic N) is 3. The van der Waals surface area contributed by atoms with Crippen LogP contribution in [0, 0.1) is 19.3 Å². The van der Waals surface area contributed by atoms with E-state index in [1.807, 2.05) is 50.2 Å². The standard InChI is InChI=1S/C28H33N5O2/c1-4-5-6-7-8-15-30-27(34)22-17-23-26(31-25-20(3)10-9-16-32(25)28(23)35)33(24(22)29)18-21-13-11-19(2)12-14-21/h9-14,16-17,29H,4-8,15,18H2,1-3H3,(H,30,34). The van der Waals surface area contributed by atoms with E-state index in [0.29, 0.717) is 29.8 Å². The maximum Gasteiger partial charge on any atom is 0.267 e. The SMILES string of the molecule is CCCCCCCNC(=O)c1cc2c(=O)n3cccc(C)c3nc2n(Cc2ccc(C)cc2)c1=N. The molecule has 0 aliphatic heterocycles. The number of benzene rings is 1. The molecule has 0 aliphatic rings. The number of aromatic nitrogens is 3. The third-order valence-corrected chi connectivity index (χ3v) is 6.41. The first-order valence-corrected chi connectivity index (χ1v) is 12.3. The van der Waals surface area contributed by atoms with Crippen molar-refractivity contribution >= 4 is 22.6 Å². The van der Waals surface area contributed by atoms with Crippen molar-refractivity contribution in [1.29, 1.82) is 5.41 Å². The molecule has 4 aromatic rings. The van der Waals surface area contributed by atoms with Gasteiger partial charge >= 0.3 is 0 Å². The van der Waals surface area contributed by atoms with Crippen LogP contribution in [0.5, 0.6) is 0 Å². The Kier molecular flexibility index (Phi) is 7.44. The molecular weight excluding hydrogens is 438 g/mol. The fourth-order valence-corrected chi connectivity index (χ4v) is 4.33. The van der Waals surface area contributed by atoms with Crippen molar-refractivity contribution < 1.29 is 4.79 Å². The van der Waals surface area contributed by atoms with Gasteiger partial charge in [0.05, 0.1) is 17.5 Å². The van der Waals surface area contributed by atoms with Crippen LogP contribution >= 0.6 is 0 Å². The summed E-state index contributed by atoms with van der Waals surface area (Å²) in [6.07, 6.45) is 7.15. The number of carbonyl (C=O) groups excluding carboxylic acids is 1. The smallest absolute Gasteiger partial charge is 0.267 e. The Morgan fingerprint density at radius 2 is 1.77 bits per heavy atom. The Morgan fingerprint density at radius 3 is 2.51 bits per heavy atom. The molecule has 1 aromatic carbocycles. The summed E-state index contributed by atoms with van der Waals surface area (Å²) in [7, 11) is 0. The van der Waals surface area contributed by atoms with Gasteiger partial charge in [-0.3, -0.25) is 19.4 Å². The third-order valence-electron chi connectivity index (χ3n) is 6.41. The minimum Gasteiger partial charge on any atom is -0.352 e. The number of unbranched alkanes of at least 4 members (excludes halogenated alkanes) is 4. The highest BCUT2D eigenvalue weighted by molar-refractivity contribution is 5.96. The van der Waals surface area contributed by atoms with Crippen molar-refractivity contribution in [2.45, 2.75) is 59.4 Å². The van der Waals surface area contributed by atoms with Gasteiger partial charge in [-0.25, -0.2) is 4.98 Å². The second kappa shape index (κ2) is 10.7. The number of aryl methyl sites for hydroxylation is 2. The molecule has 7 nitrogen and oxygen atoms in total. The molecule has 7 heteroatoms. The highest BCUT2D eigenvalue weighted by atomic mass is 16.1. The molecule has 0 fully saturated rings. The summed E-state index contributed by atoms with van der Waals surface area (Å²) < 4.78 is 3.18. The number of nitrogens with one attached hydrogen (secondary N) is 2. The summed E-state index contributed by atoms with van der Waals surface area (Å²) >= 11 is 0. The van der Waals surface area contributed by atoms with Gasteiger partial charge < -0.3 is 9.88 Å². The van der Waals surface area contributed by atoms with Gasteiger partial charge in [0.25, 0.3) is 11.5 Å². The van der Waals surface area contributed by atoms with Gasteiger partial charge in [0.1, 0.15) is 16.8 Å². The summed E-state index contributed by atoms with van der Waals surface area (Å²) in [6, 6.07) is 13.3. The van der Waals surface area contributed by atoms with Crippen molar-refractivity contribution in [1.82, 2.24) is 19.3 Å². The van der Waals surface area contributed by atoms with Crippen LogP contribution in [0.3, 0.4) is 0 Å². The average Bonchev–Trinajstić information content (AvgIpc) is 2.85. The van der Waals surface area contributed by atoms with Crippen molar-refractivity contribution in [3.8, 4) is 0 Å². The highest BCUT2D eigenvalue weighted by Crippen LogP contribution is 2.15. The molecule has 0 saturated carbocycles. The molecule has 0 radical (unpaired) electrons. The van der Waals surface area contributed by atoms with Crippen LogP contribution in [-0.4, -0.2) is 26.4 Å². The lowest BCUT2D eigenvalue weighted by atomic mass is 10.1. The summed E-state index contributed by atoms with van der Waals surface area (Å²) in [6.45, 7) is 6.98. The largest absolute Gasteiger partial charge is 0.352 e. The Morgan fingerprint density at radius 1 is 1.03 bits per heavy atom. The van der Waals surface area contributed by atoms with Crippen LogP contribution in [0.2, 0.25) is 0 Å². The van der Waals surface area contributed by atoms with E-state index in [0.717, 1.165) is 36.0 Å². The predicted molar refractivity (Wildman–Crippen MR) is 139 cm³/mol. The molecule has 1 amide bonds. The Hall–Kier alpha value is -3.74. The van der Waals surface area contributed by atoms with E-state index >= 15 is 0 Å². The first kappa shape index (κ1) is 24.4. The zero-order chi connectivity index (χ0) is 24.9. The van der Waals surface area contributed by atoms with E-state index in [1.54, 1.807) is 10.8 Å². The maximum atomic E-state index is 13.5. The van der Waals surface area contributed by atoms with Crippen molar-refractivity contribution in [3.63, 3.8) is 0 Å². The predicted octanol–water partition coefficient (Wildman–Crippen LogP) is 4.49. The molecule has 0 spiro atoms. The number of hydrogen-bond donors (Lipinski definition) is 2. The molecule has 0 bridgehead atoms. The second-order valence-electron chi connectivity index (χ2n) is 9.19. The van der Waals surface area contributed by atoms with E-state index in [9.17, 15) is 9.59 Å². The lowest BCUT2D eigenvalue weighted by Crippen LogP contribution is -2.35. The quantitative estimate of drug-likeness (QED) is 0.278. The lowest BCUT2D eigenvalue weighted by molar-refractivity contribution is 0.0950. The summed E-state index contributed by atoms with van der Waals surface area (Å²) in [4.78, 5) is 31.3. The van der Waals surface area contributed by atoms with Crippen molar-refractivity contribution in [2.24, 2.45) is 0 Å². The van der Waals surface area contributed by atoms with E-state index in [4.69, 9.17) is 10.4 Å². The molecular formula is C28H33N5O2. The summed E-state index contributed by atoms with van der Waals surface area (Å²) in [5.41, 5.74) is 3.91. The summed E-state index contributed by atoms with van der Waals surface area (Å²) in [5.74, 6) is -0.334. The van der Waals surface area contributed by atoms with Crippen LogP contribution in [0.15, 0.2) is 53.5 Å². The zero-order valence-electron chi connectivity index (χ0n) is 20.7. The number of rotatable bonds is 9. The molecule has 3 heterocycles. The first-order chi connectivity index (χ1) is 16.9. The number of carbonyl (C=O) groups is 1. The zero-order valence-corrected chi connectivity index (χ0v) is 20.7. The van der Waals surface area contributed by atoms with Gasteiger partial charge in [-0.2, -0.15) is 0 Å². The fraction of sp³-hybridized carbons (Fsp3) is 0.357. The molecule has 0 aliphatic carbocycles. The molecule has 3 aromatic heterocycles. The number of hydrogen-bond acceptors (Lipinski definition) is 4. The van der Waals surface area contributed by atoms with Crippen molar-refractivity contribution in [2.75, 3.05) is 6.54 Å². The van der Waals surface area contributed by atoms with Crippen LogP contribution in [0.1, 0.15) is 66.1 Å². The highest BCUT2D eigenvalue weighted by Gasteiger charge is 2.18. The van der Waals surface area contributed by atoms with Gasteiger partial charge in [-0.1, -0.05) is 68.5 Å². The van der Waals surface area contributed by atoms with Gasteiger partial charge in [0, 0.05) is 12.7 Å². The maximum absolute atomic E-state index is 13.5. The molecule has 0 saturated heterocycles. The molecule has 0 unspecified atom stereocenters. The Bertz CT molecular complexity index is 1480. The summed E-state index contributed by atoms with van der Waals surface area (Å²) in [5, 5.41) is 12.2. The number of amides is 1. The monoisotopic (exact) mass is 471 g/mol. The third kappa shape index (κ3) is 5.19. The number of pyridine rings is 2. The van der Waals surface area contributed by atoms with Crippen LogP contribution in [0.4, 0.5) is 0 Å². The number of fused-ring (bicyclic) bond motifs is 2. The van der Waals surface area contributed by atoms with Gasteiger partial charge in [0.2, 0.25) is 0 Å². The molecule has 4 rings (SSSR count). The average molecular weight is 472 g/mol. The Labute approximate surface area is 205 Å². The first-order valence-electron chi connectivity index (χ1n) is 12.3. The van der Waals surface area contributed by atoms with Gasteiger partial charge in [-0.15, -0.1) is 0 Å². The van der Waals surface area contributed by atoms with Crippen molar-refractivity contribution in [3.05, 3.63) is 86.8 Å².